The molecule has 0 fully saturated rings. The average Bonchev–Trinajstić information content (AvgIpc) is 3.16. The predicted molar refractivity (Wildman–Crippen MR) is 109 cm³/mol. The lowest BCUT2D eigenvalue weighted by molar-refractivity contribution is -0.121. The second-order valence-corrected chi connectivity index (χ2v) is 7.74. The number of aryl methyl sites for hydroxylation is 2. The van der Waals surface area contributed by atoms with Gasteiger partial charge in [0.05, 0.1) is 23.3 Å². The topological polar surface area (TPSA) is 67.2 Å². The van der Waals surface area contributed by atoms with Crippen molar-refractivity contribution >= 4 is 28.1 Å². The maximum Gasteiger partial charge on any atom is 0.261 e. The fourth-order valence-electron chi connectivity index (χ4n) is 3.04. The number of benzene rings is 1. The Labute approximate surface area is 162 Å². The highest BCUT2D eigenvalue weighted by molar-refractivity contribution is 7.10. The molecular formula is C20H24N4O2S. The van der Waals surface area contributed by atoms with Gasteiger partial charge in [-0.3, -0.25) is 14.2 Å². The molecule has 0 saturated heterocycles. The Morgan fingerprint density at radius 3 is 2.81 bits per heavy atom. The van der Waals surface area contributed by atoms with Crippen LogP contribution in [0.15, 0.2) is 46.8 Å². The number of aromatic nitrogens is 2. The Bertz CT molecular complexity index is 979. The number of rotatable bonds is 7. The van der Waals surface area contributed by atoms with Gasteiger partial charge in [-0.25, -0.2) is 4.98 Å². The number of thiophene rings is 1. The quantitative estimate of drug-likeness (QED) is 0.680. The van der Waals surface area contributed by atoms with Gasteiger partial charge in [0.2, 0.25) is 5.91 Å². The lowest BCUT2D eigenvalue weighted by Crippen LogP contribution is -2.35. The standard InChI is InChI=1S/C20H24N4O2S/c1-14-6-4-7-15-19(14)22-13-24(20(15)26)10-9-18(25)21-12-16(23(2)3)17-8-5-11-27-17/h4-8,11,13,16H,9-10,12H2,1-3H3,(H,21,25). The van der Waals surface area contributed by atoms with Gasteiger partial charge in [-0.1, -0.05) is 18.2 Å². The summed E-state index contributed by atoms with van der Waals surface area (Å²) in [6.07, 6.45) is 1.77. The van der Waals surface area contributed by atoms with Crippen LogP contribution in [0.3, 0.4) is 0 Å². The van der Waals surface area contributed by atoms with E-state index in [1.54, 1.807) is 17.4 Å². The van der Waals surface area contributed by atoms with E-state index >= 15 is 0 Å². The third-order valence-corrected chi connectivity index (χ3v) is 5.60. The Balaban J connectivity index is 1.62. The molecule has 0 aliphatic carbocycles. The molecule has 0 aliphatic heterocycles. The van der Waals surface area contributed by atoms with Gasteiger partial charge >= 0.3 is 0 Å². The van der Waals surface area contributed by atoms with E-state index in [1.807, 2.05) is 44.6 Å². The van der Waals surface area contributed by atoms with Crippen molar-refractivity contribution in [3.8, 4) is 0 Å². The molecular weight excluding hydrogens is 360 g/mol. The van der Waals surface area contributed by atoms with Gasteiger partial charge in [-0.05, 0) is 44.1 Å². The van der Waals surface area contributed by atoms with Crippen LogP contribution < -0.4 is 10.9 Å². The number of para-hydroxylation sites is 1. The summed E-state index contributed by atoms with van der Waals surface area (Å²) >= 11 is 1.68. The SMILES string of the molecule is Cc1cccc2c(=O)n(CCC(=O)NCC(c3cccs3)N(C)C)cnc12. The van der Waals surface area contributed by atoms with Crippen LogP contribution in [0.5, 0.6) is 0 Å². The minimum Gasteiger partial charge on any atom is -0.354 e. The highest BCUT2D eigenvalue weighted by atomic mass is 32.1. The molecule has 0 radical (unpaired) electrons. The van der Waals surface area contributed by atoms with Crippen LogP contribution in [0.25, 0.3) is 10.9 Å². The van der Waals surface area contributed by atoms with Gasteiger partial charge in [0.15, 0.2) is 0 Å². The number of likely N-dealkylation sites (N-methyl/N-ethyl adjacent to an activating group) is 1. The summed E-state index contributed by atoms with van der Waals surface area (Å²) in [6, 6.07) is 9.78. The molecule has 1 unspecified atom stereocenters. The summed E-state index contributed by atoms with van der Waals surface area (Å²) in [5.74, 6) is -0.0744. The molecule has 0 aliphatic rings. The zero-order valence-electron chi connectivity index (χ0n) is 15.8. The molecule has 0 bridgehead atoms. The highest BCUT2D eigenvalue weighted by Gasteiger charge is 2.16. The van der Waals surface area contributed by atoms with E-state index in [0.29, 0.717) is 24.0 Å². The predicted octanol–water partition coefficient (Wildman–Crippen LogP) is 2.58. The number of hydrogen-bond donors (Lipinski definition) is 1. The Morgan fingerprint density at radius 1 is 1.30 bits per heavy atom. The molecule has 3 rings (SSSR count). The highest BCUT2D eigenvalue weighted by Crippen LogP contribution is 2.22. The van der Waals surface area contributed by atoms with E-state index in [-0.39, 0.29) is 23.9 Å². The summed E-state index contributed by atoms with van der Waals surface area (Å²) in [5.41, 5.74) is 1.58. The lowest BCUT2D eigenvalue weighted by Gasteiger charge is -2.23. The fraction of sp³-hybridized carbons (Fsp3) is 0.350. The molecule has 0 saturated carbocycles. The van der Waals surface area contributed by atoms with Crippen LogP contribution >= 0.6 is 11.3 Å². The van der Waals surface area contributed by atoms with Crippen LogP contribution in [-0.4, -0.2) is 41.0 Å². The third-order valence-electron chi connectivity index (χ3n) is 4.62. The molecule has 2 heterocycles. The zero-order chi connectivity index (χ0) is 19.4. The Hall–Kier alpha value is -2.51. The monoisotopic (exact) mass is 384 g/mol. The van der Waals surface area contributed by atoms with Gasteiger partial charge in [-0.2, -0.15) is 0 Å². The molecule has 1 aromatic carbocycles. The van der Waals surface area contributed by atoms with E-state index in [0.717, 1.165) is 5.56 Å². The molecule has 1 amide bonds. The second-order valence-electron chi connectivity index (χ2n) is 6.76. The van der Waals surface area contributed by atoms with Crippen LogP contribution in [-0.2, 0) is 11.3 Å². The number of nitrogens with zero attached hydrogens (tertiary/aromatic N) is 3. The first-order chi connectivity index (χ1) is 13.0. The minimum atomic E-state index is -0.110. The first-order valence-electron chi connectivity index (χ1n) is 8.88. The lowest BCUT2D eigenvalue weighted by atomic mass is 10.1. The maximum atomic E-state index is 12.6. The first kappa shape index (κ1) is 19.3. The van der Waals surface area contributed by atoms with Crippen molar-refractivity contribution in [2.24, 2.45) is 0 Å². The summed E-state index contributed by atoms with van der Waals surface area (Å²) in [6.45, 7) is 2.78. The van der Waals surface area contributed by atoms with Crippen molar-refractivity contribution in [1.29, 1.82) is 0 Å². The molecule has 2 aromatic heterocycles. The molecule has 7 heteroatoms. The Morgan fingerprint density at radius 2 is 2.11 bits per heavy atom. The van der Waals surface area contributed by atoms with Gasteiger partial charge in [0.25, 0.3) is 5.56 Å². The van der Waals surface area contributed by atoms with Crippen molar-refractivity contribution in [2.45, 2.75) is 25.9 Å². The summed E-state index contributed by atoms with van der Waals surface area (Å²) < 4.78 is 1.50. The number of hydrogen-bond acceptors (Lipinski definition) is 5. The van der Waals surface area contributed by atoms with E-state index in [2.05, 4.69) is 21.3 Å². The molecule has 142 valence electrons. The maximum absolute atomic E-state index is 12.6. The van der Waals surface area contributed by atoms with Crippen LogP contribution in [0.2, 0.25) is 0 Å². The van der Waals surface area contributed by atoms with Crippen molar-refractivity contribution in [2.75, 3.05) is 20.6 Å². The van der Waals surface area contributed by atoms with Gasteiger partial charge < -0.3 is 10.2 Å². The second kappa shape index (κ2) is 8.45. The van der Waals surface area contributed by atoms with E-state index in [1.165, 1.54) is 15.8 Å². The van der Waals surface area contributed by atoms with Crippen molar-refractivity contribution in [3.05, 3.63) is 62.8 Å². The number of nitrogens with one attached hydrogen (secondary N) is 1. The molecule has 6 nitrogen and oxygen atoms in total. The first-order valence-corrected chi connectivity index (χ1v) is 9.76. The van der Waals surface area contributed by atoms with Crippen molar-refractivity contribution in [1.82, 2.24) is 19.8 Å². The van der Waals surface area contributed by atoms with Gasteiger partial charge in [-0.15, -0.1) is 11.3 Å². The molecule has 1 atom stereocenters. The van der Waals surface area contributed by atoms with Crippen LogP contribution in [0.1, 0.15) is 22.9 Å². The molecule has 27 heavy (non-hydrogen) atoms. The molecule has 3 aromatic rings. The Kier molecular flexibility index (Phi) is 6.03. The summed E-state index contributed by atoms with van der Waals surface area (Å²) in [4.78, 5) is 32.5. The van der Waals surface area contributed by atoms with E-state index < -0.39 is 0 Å². The smallest absolute Gasteiger partial charge is 0.261 e. The third kappa shape index (κ3) is 4.43. The normalized spacial score (nSPS) is 12.4. The molecule has 0 spiro atoms. The van der Waals surface area contributed by atoms with Crippen LogP contribution in [0.4, 0.5) is 0 Å². The fourth-order valence-corrected chi connectivity index (χ4v) is 3.96. The average molecular weight is 385 g/mol. The van der Waals surface area contributed by atoms with Crippen LogP contribution in [0, 0.1) is 6.92 Å². The van der Waals surface area contributed by atoms with Gasteiger partial charge in [0, 0.05) is 24.4 Å². The van der Waals surface area contributed by atoms with E-state index in [4.69, 9.17) is 0 Å². The summed E-state index contributed by atoms with van der Waals surface area (Å²) in [5, 5.41) is 5.60. The van der Waals surface area contributed by atoms with Crippen molar-refractivity contribution < 1.29 is 4.79 Å². The summed E-state index contributed by atoms with van der Waals surface area (Å²) in [7, 11) is 4.00. The zero-order valence-corrected chi connectivity index (χ0v) is 16.6. The minimum absolute atomic E-state index is 0.0744. The number of carbonyl (C=O) groups excluding carboxylic acids is 1. The van der Waals surface area contributed by atoms with E-state index in [9.17, 15) is 9.59 Å². The number of amides is 1. The van der Waals surface area contributed by atoms with Gasteiger partial charge in [0.1, 0.15) is 0 Å². The number of carbonyl (C=O) groups is 1. The molecule has 1 N–H and O–H groups in total. The van der Waals surface area contributed by atoms with Crippen molar-refractivity contribution in [3.63, 3.8) is 0 Å². The largest absolute Gasteiger partial charge is 0.354 e. The number of fused-ring (bicyclic) bond motifs is 1.